The van der Waals surface area contributed by atoms with E-state index in [0.29, 0.717) is 6.04 Å². The van der Waals surface area contributed by atoms with Gasteiger partial charge in [-0.3, -0.25) is 0 Å². The molecule has 0 saturated heterocycles. The lowest BCUT2D eigenvalue weighted by atomic mass is 10.0. The molecule has 2 rings (SSSR count). The summed E-state index contributed by atoms with van der Waals surface area (Å²) in [5.74, 6) is 0. The molecule has 18 heavy (non-hydrogen) atoms. The van der Waals surface area contributed by atoms with Crippen molar-refractivity contribution < 1.29 is 0 Å². The predicted octanol–water partition coefficient (Wildman–Crippen LogP) is 2.88. The summed E-state index contributed by atoms with van der Waals surface area (Å²) in [5, 5.41) is 6.25. The zero-order chi connectivity index (χ0) is 13.0. The average Bonchev–Trinajstić information content (AvgIpc) is 2.35. The van der Waals surface area contributed by atoms with Crippen LogP contribution in [0.4, 0.5) is 0 Å². The topological polar surface area (TPSA) is 15.3 Å². The van der Waals surface area contributed by atoms with Crippen molar-refractivity contribution in [2.45, 2.75) is 19.5 Å². The summed E-state index contributed by atoms with van der Waals surface area (Å²) in [6.07, 6.45) is 0. The van der Waals surface area contributed by atoms with Crippen molar-refractivity contribution in [2.75, 3.05) is 20.6 Å². The average molecular weight is 242 g/mol. The molecule has 1 N–H and O–H groups in total. The van der Waals surface area contributed by atoms with Gasteiger partial charge in [-0.05, 0) is 37.4 Å². The number of nitrogens with zero attached hydrogens (tertiary/aromatic N) is 1. The lowest BCUT2D eigenvalue weighted by molar-refractivity contribution is 0.349. The van der Waals surface area contributed by atoms with Crippen LogP contribution in [0.2, 0.25) is 0 Å². The highest BCUT2D eigenvalue weighted by Crippen LogP contribution is 2.18. The van der Waals surface area contributed by atoms with E-state index in [1.165, 1.54) is 16.3 Å². The van der Waals surface area contributed by atoms with E-state index < -0.39 is 0 Å². The molecule has 0 amide bonds. The fraction of sp³-hybridized carbons (Fsp3) is 0.375. The maximum Gasteiger partial charge on any atom is 0.0214 e. The molecule has 0 aliphatic rings. The first kappa shape index (κ1) is 13.1. The van der Waals surface area contributed by atoms with Crippen LogP contribution in [0.15, 0.2) is 42.5 Å². The van der Waals surface area contributed by atoms with Crippen LogP contribution in [0.5, 0.6) is 0 Å². The lowest BCUT2D eigenvalue weighted by Gasteiger charge is -2.18. The van der Waals surface area contributed by atoms with Gasteiger partial charge in [-0.2, -0.15) is 0 Å². The van der Waals surface area contributed by atoms with Crippen molar-refractivity contribution >= 4 is 10.8 Å². The zero-order valence-corrected chi connectivity index (χ0v) is 11.5. The molecule has 2 nitrogen and oxygen atoms in total. The molecule has 2 aromatic carbocycles. The van der Waals surface area contributed by atoms with Crippen LogP contribution in [-0.2, 0) is 6.54 Å². The van der Waals surface area contributed by atoms with Gasteiger partial charge >= 0.3 is 0 Å². The minimum atomic E-state index is 0.499. The molecular weight excluding hydrogens is 220 g/mol. The Morgan fingerprint density at radius 2 is 1.78 bits per heavy atom. The number of likely N-dealkylation sites (N-methyl/N-ethyl adjacent to an activating group) is 1. The summed E-state index contributed by atoms with van der Waals surface area (Å²) in [4.78, 5) is 2.21. The number of nitrogens with one attached hydrogen (secondary N) is 1. The summed E-state index contributed by atoms with van der Waals surface area (Å²) < 4.78 is 0. The van der Waals surface area contributed by atoms with Crippen molar-refractivity contribution in [1.29, 1.82) is 0 Å². The van der Waals surface area contributed by atoms with E-state index in [1.54, 1.807) is 0 Å². The second-order valence-corrected chi connectivity index (χ2v) is 5.18. The molecule has 0 spiro atoms. The molecule has 0 aliphatic carbocycles. The van der Waals surface area contributed by atoms with Crippen LogP contribution in [0.25, 0.3) is 10.8 Å². The van der Waals surface area contributed by atoms with Gasteiger partial charge in [0, 0.05) is 19.1 Å². The van der Waals surface area contributed by atoms with Gasteiger partial charge in [-0.1, -0.05) is 42.5 Å². The number of hydrogen-bond acceptors (Lipinski definition) is 2. The fourth-order valence-electron chi connectivity index (χ4n) is 2.34. The first-order valence-electron chi connectivity index (χ1n) is 6.51. The zero-order valence-electron chi connectivity index (χ0n) is 11.5. The molecule has 0 aliphatic heterocycles. The van der Waals surface area contributed by atoms with Crippen LogP contribution in [0.3, 0.4) is 0 Å². The molecule has 2 heteroatoms. The fourth-order valence-corrected chi connectivity index (χ4v) is 2.34. The van der Waals surface area contributed by atoms with E-state index in [0.717, 1.165) is 13.1 Å². The quantitative estimate of drug-likeness (QED) is 0.867. The predicted molar refractivity (Wildman–Crippen MR) is 78.8 cm³/mol. The summed E-state index contributed by atoms with van der Waals surface area (Å²) in [5.41, 5.74) is 1.37. The highest BCUT2D eigenvalue weighted by molar-refractivity contribution is 5.85. The minimum absolute atomic E-state index is 0.499. The molecule has 96 valence electrons. The molecular formula is C16H22N2. The Bertz CT molecular complexity index is 500. The van der Waals surface area contributed by atoms with Crippen molar-refractivity contribution in [3.8, 4) is 0 Å². The van der Waals surface area contributed by atoms with E-state index in [9.17, 15) is 0 Å². The van der Waals surface area contributed by atoms with E-state index in [-0.39, 0.29) is 0 Å². The summed E-state index contributed by atoms with van der Waals surface area (Å²) in [7, 11) is 4.21. The number of benzene rings is 2. The standard InChI is InChI=1S/C16H22N2/c1-13(12-18(2)3)17-11-15-9-6-8-14-7-4-5-10-16(14)15/h4-10,13,17H,11-12H2,1-3H3. The molecule has 0 saturated carbocycles. The van der Waals surface area contributed by atoms with Gasteiger partial charge in [0.05, 0.1) is 0 Å². The van der Waals surface area contributed by atoms with Crippen molar-refractivity contribution in [1.82, 2.24) is 10.2 Å². The van der Waals surface area contributed by atoms with Crippen molar-refractivity contribution in [3.05, 3.63) is 48.0 Å². The van der Waals surface area contributed by atoms with Gasteiger partial charge in [0.25, 0.3) is 0 Å². The smallest absolute Gasteiger partial charge is 0.0214 e. The second-order valence-electron chi connectivity index (χ2n) is 5.18. The maximum absolute atomic E-state index is 3.58. The summed E-state index contributed by atoms with van der Waals surface area (Å²) in [6, 6.07) is 15.6. The van der Waals surface area contributed by atoms with Crippen LogP contribution < -0.4 is 5.32 Å². The van der Waals surface area contributed by atoms with Crippen LogP contribution in [-0.4, -0.2) is 31.6 Å². The second kappa shape index (κ2) is 5.98. The van der Waals surface area contributed by atoms with Gasteiger partial charge in [-0.25, -0.2) is 0 Å². The first-order chi connectivity index (χ1) is 8.66. The van der Waals surface area contributed by atoms with Gasteiger partial charge in [0.1, 0.15) is 0 Å². The number of fused-ring (bicyclic) bond motifs is 1. The van der Waals surface area contributed by atoms with Crippen molar-refractivity contribution in [3.63, 3.8) is 0 Å². The Kier molecular flexibility index (Phi) is 4.34. The largest absolute Gasteiger partial charge is 0.309 e. The maximum atomic E-state index is 3.58. The third-order valence-electron chi connectivity index (χ3n) is 3.16. The summed E-state index contributed by atoms with van der Waals surface area (Å²) >= 11 is 0. The Balaban J connectivity index is 2.08. The van der Waals surface area contributed by atoms with E-state index in [4.69, 9.17) is 0 Å². The molecule has 1 atom stereocenters. The van der Waals surface area contributed by atoms with Crippen LogP contribution in [0, 0.1) is 0 Å². The Labute approximate surface area is 110 Å². The number of rotatable bonds is 5. The molecule has 0 aromatic heterocycles. The van der Waals surface area contributed by atoms with Gasteiger partial charge in [0.2, 0.25) is 0 Å². The third-order valence-corrected chi connectivity index (χ3v) is 3.16. The highest BCUT2D eigenvalue weighted by atomic mass is 15.1. The van der Waals surface area contributed by atoms with Gasteiger partial charge in [0.15, 0.2) is 0 Å². The first-order valence-corrected chi connectivity index (χ1v) is 6.51. The van der Waals surface area contributed by atoms with Gasteiger partial charge < -0.3 is 10.2 Å². The van der Waals surface area contributed by atoms with Gasteiger partial charge in [-0.15, -0.1) is 0 Å². The highest BCUT2D eigenvalue weighted by Gasteiger charge is 2.04. The molecule has 1 unspecified atom stereocenters. The summed E-state index contributed by atoms with van der Waals surface area (Å²) in [6.45, 7) is 4.21. The Morgan fingerprint density at radius 1 is 1.06 bits per heavy atom. The number of hydrogen-bond donors (Lipinski definition) is 1. The SMILES string of the molecule is CC(CN(C)C)NCc1cccc2ccccc12. The van der Waals surface area contributed by atoms with Crippen molar-refractivity contribution in [2.24, 2.45) is 0 Å². The monoisotopic (exact) mass is 242 g/mol. The molecule has 0 heterocycles. The lowest BCUT2D eigenvalue weighted by Crippen LogP contribution is -2.35. The van der Waals surface area contributed by atoms with E-state index in [1.807, 2.05) is 0 Å². The molecule has 2 aromatic rings. The minimum Gasteiger partial charge on any atom is -0.309 e. The Hall–Kier alpha value is -1.38. The third kappa shape index (κ3) is 3.31. The van der Waals surface area contributed by atoms with Crippen LogP contribution >= 0.6 is 0 Å². The molecule has 0 fully saturated rings. The van der Waals surface area contributed by atoms with E-state index >= 15 is 0 Å². The normalized spacial score (nSPS) is 13.1. The van der Waals surface area contributed by atoms with Crippen LogP contribution in [0.1, 0.15) is 12.5 Å². The molecule has 0 radical (unpaired) electrons. The Morgan fingerprint density at radius 3 is 2.56 bits per heavy atom. The molecule has 0 bridgehead atoms. The van der Waals surface area contributed by atoms with E-state index in [2.05, 4.69) is 73.7 Å².